The molecule has 5 heteroatoms. The Morgan fingerprint density at radius 1 is 1.35 bits per heavy atom. The average Bonchev–Trinajstić information content (AvgIpc) is 3.01. The Hall–Kier alpha value is -0.770. The summed E-state index contributed by atoms with van der Waals surface area (Å²) in [6.45, 7) is 0.624. The molecule has 0 saturated heterocycles. The molecule has 0 bridgehead atoms. The van der Waals surface area contributed by atoms with E-state index < -0.39 is 5.54 Å². The summed E-state index contributed by atoms with van der Waals surface area (Å²) < 4.78 is 0. The van der Waals surface area contributed by atoms with Crippen LogP contribution in [0.3, 0.4) is 0 Å². The molecule has 0 heterocycles. The van der Waals surface area contributed by atoms with Gasteiger partial charge in [0, 0.05) is 11.6 Å². The fraction of sp³-hybridized carbons (Fsp3) is 0.417. The topological polar surface area (TPSA) is 55.1 Å². The van der Waals surface area contributed by atoms with E-state index in [0.29, 0.717) is 6.54 Å². The maximum absolute atomic E-state index is 11.5. The Labute approximate surface area is 112 Å². The minimum Gasteiger partial charge on any atom is -0.354 e. The number of nitrogens with one attached hydrogen (secondary N) is 1. The van der Waals surface area contributed by atoms with Crippen molar-refractivity contribution < 1.29 is 4.79 Å². The first kappa shape index (κ1) is 14.3. The van der Waals surface area contributed by atoms with Crippen LogP contribution in [0.5, 0.6) is 0 Å². The van der Waals surface area contributed by atoms with Crippen molar-refractivity contribution in [2.45, 2.75) is 24.8 Å². The van der Waals surface area contributed by atoms with Gasteiger partial charge in [0.25, 0.3) is 0 Å². The summed E-state index contributed by atoms with van der Waals surface area (Å²) in [5, 5.41) is 3.58. The molecule has 0 atom stereocenters. The van der Waals surface area contributed by atoms with Crippen molar-refractivity contribution in [3.63, 3.8) is 0 Å². The molecule has 2 rings (SSSR count). The Balaban J connectivity index is 0.00000144. The molecule has 0 radical (unpaired) electrons. The zero-order valence-electron chi connectivity index (χ0n) is 9.41. The Bertz CT molecular complexity index is 388. The highest BCUT2D eigenvalue weighted by Crippen LogP contribution is 2.31. The van der Waals surface area contributed by atoms with Gasteiger partial charge < -0.3 is 11.1 Å². The predicted octanol–water partition coefficient (Wildman–Crippen LogP) is 1.91. The number of carbonyl (C=O) groups excluding carboxylic acids is 1. The van der Waals surface area contributed by atoms with E-state index >= 15 is 0 Å². The number of rotatable bonds is 4. The molecule has 17 heavy (non-hydrogen) atoms. The summed E-state index contributed by atoms with van der Waals surface area (Å²) in [5.74, 6) is -0.0264. The lowest BCUT2D eigenvalue weighted by Crippen LogP contribution is -2.43. The van der Waals surface area contributed by atoms with Crippen LogP contribution in [0, 0.1) is 0 Å². The molecule has 0 unspecified atom stereocenters. The van der Waals surface area contributed by atoms with Gasteiger partial charge >= 0.3 is 0 Å². The van der Waals surface area contributed by atoms with Gasteiger partial charge in [-0.2, -0.15) is 0 Å². The molecule has 0 aromatic heterocycles. The molecule has 1 fully saturated rings. The largest absolute Gasteiger partial charge is 0.354 e. The molecule has 1 amide bonds. The van der Waals surface area contributed by atoms with E-state index in [1.54, 1.807) is 0 Å². The van der Waals surface area contributed by atoms with E-state index in [1.165, 1.54) is 0 Å². The Kier molecular flexibility index (Phi) is 4.80. The summed E-state index contributed by atoms with van der Waals surface area (Å²) in [6.07, 6.45) is 2.42. The highest BCUT2D eigenvalue weighted by molar-refractivity contribution is 6.30. The van der Waals surface area contributed by atoms with E-state index in [1.807, 2.05) is 24.3 Å². The maximum atomic E-state index is 11.5. The van der Waals surface area contributed by atoms with Gasteiger partial charge in [-0.05, 0) is 37.0 Å². The van der Waals surface area contributed by atoms with Crippen molar-refractivity contribution in [2.75, 3.05) is 6.54 Å². The molecule has 3 N–H and O–H groups in total. The lowest BCUT2D eigenvalue weighted by atomic mass is 10.1. The van der Waals surface area contributed by atoms with Gasteiger partial charge in [-0.25, -0.2) is 0 Å². The molecule has 94 valence electrons. The summed E-state index contributed by atoms with van der Waals surface area (Å²) in [5.41, 5.74) is 6.35. The number of hydrogen-bond donors (Lipinski definition) is 2. The number of benzene rings is 1. The van der Waals surface area contributed by atoms with E-state index in [0.717, 1.165) is 29.8 Å². The second-order valence-electron chi connectivity index (χ2n) is 4.29. The number of hydrogen-bond acceptors (Lipinski definition) is 2. The molecule has 1 aromatic rings. The van der Waals surface area contributed by atoms with Gasteiger partial charge in [0.1, 0.15) is 0 Å². The first-order valence-electron chi connectivity index (χ1n) is 5.42. The fourth-order valence-corrected chi connectivity index (χ4v) is 1.64. The normalized spacial score (nSPS) is 15.9. The summed E-state index contributed by atoms with van der Waals surface area (Å²) in [6, 6.07) is 7.63. The van der Waals surface area contributed by atoms with Crippen LogP contribution in [0.2, 0.25) is 5.02 Å². The maximum Gasteiger partial charge on any atom is 0.240 e. The van der Waals surface area contributed by atoms with Crippen molar-refractivity contribution in [3.05, 3.63) is 34.9 Å². The Morgan fingerprint density at radius 2 is 1.94 bits per heavy atom. The average molecular weight is 275 g/mol. The van der Waals surface area contributed by atoms with E-state index in [-0.39, 0.29) is 18.3 Å². The standard InChI is InChI=1S/C12H15ClN2O.ClH/c13-10-3-1-9(2-4-10)5-8-15-11(16)12(14)6-7-12;/h1-4H,5-8,14H2,(H,15,16);1H. The zero-order chi connectivity index (χ0) is 11.6. The first-order valence-corrected chi connectivity index (χ1v) is 5.80. The van der Waals surface area contributed by atoms with E-state index in [9.17, 15) is 4.79 Å². The number of nitrogens with two attached hydrogens (primary N) is 1. The minimum atomic E-state index is -0.569. The van der Waals surface area contributed by atoms with Gasteiger partial charge in [0.15, 0.2) is 0 Å². The second kappa shape index (κ2) is 5.71. The number of amides is 1. The number of carbonyl (C=O) groups is 1. The SMILES string of the molecule is Cl.NC1(C(=O)NCCc2ccc(Cl)cc2)CC1. The van der Waals surface area contributed by atoms with Crippen LogP contribution in [0.4, 0.5) is 0 Å². The van der Waals surface area contributed by atoms with Gasteiger partial charge in [-0.15, -0.1) is 12.4 Å². The van der Waals surface area contributed by atoms with Crippen LogP contribution in [0.25, 0.3) is 0 Å². The van der Waals surface area contributed by atoms with Gasteiger partial charge in [0.2, 0.25) is 5.91 Å². The van der Waals surface area contributed by atoms with Crippen LogP contribution in [0.15, 0.2) is 24.3 Å². The summed E-state index contributed by atoms with van der Waals surface area (Å²) in [7, 11) is 0. The molecule has 1 saturated carbocycles. The van der Waals surface area contributed by atoms with Crippen LogP contribution >= 0.6 is 24.0 Å². The molecular weight excluding hydrogens is 259 g/mol. The predicted molar refractivity (Wildman–Crippen MR) is 71.6 cm³/mol. The smallest absolute Gasteiger partial charge is 0.240 e. The first-order chi connectivity index (χ1) is 7.60. The molecule has 1 aliphatic rings. The van der Waals surface area contributed by atoms with Crippen molar-refractivity contribution in [1.29, 1.82) is 0 Å². The third-order valence-electron chi connectivity index (χ3n) is 2.85. The summed E-state index contributed by atoms with van der Waals surface area (Å²) in [4.78, 5) is 11.5. The highest BCUT2D eigenvalue weighted by Gasteiger charge is 2.45. The van der Waals surface area contributed by atoms with Gasteiger partial charge in [-0.3, -0.25) is 4.79 Å². The van der Waals surface area contributed by atoms with Crippen molar-refractivity contribution in [1.82, 2.24) is 5.32 Å². The van der Waals surface area contributed by atoms with Gasteiger partial charge in [-0.1, -0.05) is 23.7 Å². The molecule has 3 nitrogen and oxygen atoms in total. The Morgan fingerprint density at radius 3 is 2.47 bits per heavy atom. The minimum absolute atomic E-state index is 0. The second-order valence-corrected chi connectivity index (χ2v) is 4.72. The lowest BCUT2D eigenvalue weighted by molar-refractivity contribution is -0.123. The number of halogens is 2. The summed E-state index contributed by atoms with van der Waals surface area (Å²) >= 11 is 5.78. The fourth-order valence-electron chi connectivity index (χ4n) is 1.51. The van der Waals surface area contributed by atoms with Crippen LogP contribution in [-0.2, 0) is 11.2 Å². The third kappa shape index (κ3) is 3.87. The molecule has 1 aromatic carbocycles. The zero-order valence-corrected chi connectivity index (χ0v) is 11.0. The van der Waals surface area contributed by atoms with Crippen molar-refractivity contribution >= 4 is 29.9 Å². The van der Waals surface area contributed by atoms with E-state index in [4.69, 9.17) is 17.3 Å². The van der Waals surface area contributed by atoms with E-state index in [2.05, 4.69) is 5.32 Å². The molecule has 0 aliphatic heterocycles. The van der Waals surface area contributed by atoms with Gasteiger partial charge in [0.05, 0.1) is 5.54 Å². The quantitative estimate of drug-likeness (QED) is 0.882. The van der Waals surface area contributed by atoms with Crippen molar-refractivity contribution in [2.24, 2.45) is 5.73 Å². The molecule has 0 spiro atoms. The highest BCUT2D eigenvalue weighted by atomic mass is 35.5. The van der Waals surface area contributed by atoms with Crippen LogP contribution in [-0.4, -0.2) is 18.0 Å². The lowest BCUT2D eigenvalue weighted by Gasteiger charge is -2.09. The van der Waals surface area contributed by atoms with Crippen LogP contribution in [0.1, 0.15) is 18.4 Å². The van der Waals surface area contributed by atoms with Crippen LogP contribution < -0.4 is 11.1 Å². The molecular formula is C12H16Cl2N2O. The third-order valence-corrected chi connectivity index (χ3v) is 3.11. The molecule has 1 aliphatic carbocycles. The monoisotopic (exact) mass is 274 g/mol. The van der Waals surface area contributed by atoms with Crippen molar-refractivity contribution in [3.8, 4) is 0 Å².